The molecule has 110 valence electrons. The normalized spacial score (nSPS) is 11.1. The number of nitrogens with zero attached hydrogens (tertiary/aromatic N) is 1. The van der Waals surface area contributed by atoms with Crippen LogP contribution in [0, 0.1) is 12.7 Å². The first-order valence-corrected chi connectivity index (χ1v) is 7.37. The maximum atomic E-state index is 13.0. The van der Waals surface area contributed by atoms with Crippen molar-refractivity contribution in [3.63, 3.8) is 0 Å². The molecule has 0 saturated heterocycles. The van der Waals surface area contributed by atoms with Gasteiger partial charge in [0.25, 0.3) is 15.9 Å². The van der Waals surface area contributed by atoms with E-state index in [9.17, 15) is 17.6 Å². The fourth-order valence-electron chi connectivity index (χ4n) is 1.65. The number of aromatic nitrogens is 1. The fourth-order valence-corrected chi connectivity index (χ4v) is 2.72. The van der Waals surface area contributed by atoms with Gasteiger partial charge in [0.15, 0.2) is 0 Å². The molecule has 0 radical (unpaired) electrons. The van der Waals surface area contributed by atoms with Crippen LogP contribution in [-0.4, -0.2) is 19.3 Å². The topological polar surface area (TPSA) is 88.2 Å². The molecule has 1 aromatic carbocycles. The summed E-state index contributed by atoms with van der Waals surface area (Å²) in [5.74, 6) is -1.18. The van der Waals surface area contributed by atoms with E-state index in [1.807, 2.05) is 4.83 Å². The fraction of sp³-hybridized carbons (Fsp3) is 0.0769. The van der Waals surface area contributed by atoms with Crippen molar-refractivity contribution in [1.29, 1.82) is 0 Å². The molecule has 1 heterocycles. The van der Waals surface area contributed by atoms with Crippen LogP contribution >= 0.6 is 0 Å². The average Bonchev–Trinajstić information content (AvgIpc) is 2.45. The van der Waals surface area contributed by atoms with Gasteiger partial charge in [-0.1, -0.05) is 0 Å². The van der Waals surface area contributed by atoms with Crippen molar-refractivity contribution in [1.82, 2.24) is 15.2 Å². The molecule has 21 heavy (non-hydrogen) atoms. The molecule has 2 N–H and O–H groups in total. The van der Waals surface area contributed by atoms with Gasteiger partial charge in [0, 0.05) is 12.4 Å². The minimum absolute atomic E-state index is 0.115. The zero-order chi connectivity index (χ0) is 15.5. The van der Waals surface area contributed by atoms with E-state index >= 15 is 0 Å². The first-order valence-electron chi connectivity index (χ1n) is 5.88. The van der Waals surface area contributed by atoms with E-state index in [1.54, 1.807) is 6.07 Å². The van der Waals surface area contributed by atoms with E-state index in [0.717, 1.165) is 18.2 Å². The predicted octanol–water partition coefficient (Wildman–Crippen LogP) is 1.15. The highest BCUT2D eigenvalue weighted by molar-refractivity contribution is 7.89. The number of sulfonamides is 1. The predicted molar refractivity (Wildman–Crippen MR) is 73.2 cm³/mol. The van der Waals surface area contributed by atoms with Crippen LogP contribution < -0.4 is 10.3 Å². The summed E-state index contributed by atoms with van der Waals surface area (Å²) in [4.78, 5) is 17.3. The Kier molecular flexibility index (Phi) is 4.29. The Morgan fingerprint density at radius 2 is 2.05 bits per heavy atom. The number of amides is 1. The van der Waals surface area contributed by atoms with Gasteiger partial charge in [-0.3, -0.25) is 15.2 Å². The number of hydrogen-bond acceptors (Lipinski definition) is 4. The SMILES string of the molecule is Cc1cc(F)ccc1S(=O)(=O)NNC(=O)c1cccnc1. The number of benzene rings is 1. The van der Waals surface area contributed by atoms with Crippen molar-refractivity contribution in [2.24, 2.45) is 0 Å². The van der Waals surface area contributed by atoms with Crippen LogP contribution in [0.2, 0.25) is 0 Å². The van der Waals surface area contributed by atoms with Gasteiger partial charge in [-0.25, -0.2) is 12.8 Å². The van der Waals surface area contributed by atoms with Crippen molar-refractivity contribution in [2.75, 3.05) is 0 Å². The Morgan fingerprint density at radius 1 is 1.29 bits per heavy atom. The van der Waals surface area contributed by atoms with Crippen molar-refractivity contribution in [2.45, 2.75) is 11.8 Å². The van der Waals surface area contributed by atoms with Gasteiger partial charge in [-0.05, 0) is 42.8 Å². The summed E-state index contributed by atoms with van der Waals surface area (Å²) < 4.78 is 37.1. The molecule has 0 saturated carbocycles. The lowest BCUT2D eigenvalue weighted by Gasteiger charge is -2.10. The zero-order valence-corrected chi connectivity index (χ0v) is 11.8. The standard InChI is InChI=1S/C13H12FN3O3S/c1-9-7-11(14)4-5-12(9)21(19,20)17-16-13(18)10-3-2-6-15-8-10/h2-8,17H,1H3,(H,16,18). The Bertz CT molecular complexity index is 763. The molecule has 1 amide bonds. The maximum absolute atomic E-state index is 13.0. The number of hydrazine groups is 1. The average molecular weight is 309 g/mol. The number of nitrogens with one attached hydrogen (secondary N) is 2. The van der Waals surface area contributed by atoms with E-state index in [-0.39, 0.29) is 16.0 Å². The highest BCUT2D eigenvalue weighted by Gasteiger charge is 2.18. The van der Waals surface area contributed by atoms with Crippen molar-refractivity contribution in [3.8, 4) is 0 Å². The molecule has 0 aliphatic rings. The summed E-state index contributed by atoms with van der Waals surface area (Å²) in [7, 11) is -3.98. The Labute approximate surface area is 121 Å². The second-order valence-electron chi connectivity index (χ2n) is 4.21. The van der Waals surface area contributed by atoms with E-state index in [0.29, 0.717) is 0 Å². The number of carbonyl (C=O) groups is 1. The number of hydrogen-bond donors (Lipinski definition) is 2. The molecule has 8 heteroatoms. The number of pyridine rings is 1. The van der Waals surface area contributed by atoms with Crippen molar-refractivity contribution in [3.05, 3.63) is 59.7 Å². The lowest BCUT2D eigenvalue weighted by molar-refractivity contribution is 0.0944. The maximum Gasteiger partial charge on any atom is 0.267 e. The zero-order valence-electron chi connectivity index (χ0n) is 11.0. The molecule has 6 nitrogen and oxygen atoms in total. The third-order valence-corrected chi connectivity index (χ3v) is 4.06. The molecular formula is C13H12FN3O3S. The second kappa shape index (κ2) is 5.98. The molecule has 0 unspecified atom stereocenters. The molecule has 0 aliphatic carbocycles. The molecule has 0 atom stereocenters. The van der Waals surface area contributed by atoms with Gasteiger partial charge in [0.1, 0.15) is 5.82 Å². The summed E-state index contributed by atoms with van der Waals surface area (Å²) in [5.41, 5.74) is 2.51. The van der Waals surface area contributed by atoms with Gasteiger partial charge < -0.3 is 0 Å². The van der Waals surface area contributed by atoms with Gasteiger partial charge in [0.2, 0.25) is 0 Å². The van der Waals surface area contributed by atoms with Crippen LogP contribution in [0.15, 0.2) is 47.6 Å². The van der Waals surface area contributed by atoms with Crippen LogP contribution in [-0.2, 0) is 10.0 Å². The minimum atomic E-state index is -3.98. The van der Waals surface area contributed by atoms with Gasteiger partial charge >= 0.3 is 0 Å². The molecule has 2 aromatic rings. The summed E-state index contributed by atoms with van der Waals surface area (Å²) in [6.07, 6.45) is 2.79. The molecule has 0 spiro atoms. The Hall–Kier alpha value is -2.32. The first kappa shape index (κ1) is 15.1. The van der Waals surface area contributed by atoms with E-state index < -0.39 is 21.7 Å². The lowest BCUT2D eigenvalue weighted by atomic mass is 10.2. The minimum Gasteiger partial charge on any atom is -0.273 e. The summed E-state index contributed by atoms with van der Waals surface area (Å²) >= 11 is 0. The highest BCUT2D eigenvalue weighted by Crippen LogP contribution is 2.15. The summed E-state index contributed by atoms with van der Waals surface area (Å²) in [5, 5.41) is 0. The van der Waals surface area contributed by atoms with Crippen LogP contribution in [0.3, 0.4) is 0 Å². The van der Waals surface area contributed by atoms with Crippen LogP contribution in [0.1, 0.15) is 15.9 Å². The third-order valence-electron chi connectivity index (χ3n) is 2.65. The van der Waals surface area contributed by atoms with E-state index in [1.165, 1.54) is 25.4 Å². The largest absolute Gasteiger partial charge is 0.273 e. The number of rotatable bonds is 4. The second-order valence-corrected chi connectivity index (χ2v) is 5.86. The molecule has 0 aliphatic heterocycles. The van der Waals surface area contributed by atoms with Gasteiger partial charge in [0.05, 0.1) is 10.5 Å². The smallest absolute Gasteiger partial charge is 0.267 e. The van der Waals surface area contributed by atoms with Crippen molar-refractivity contribution < 1.29 is 17.6 Å². The molecule has 0 bridgehead atoms. The van der Waals surface area contributed by atoms with Crippen LogP contribution in [0.25, 0.3) is 0 Å². The quantitative estimate of drug-likeness (QED) is 0.829. The Morgan fingerprint density at radius 3 is 2.67 bits per heavy atom. The highest BCUT2D eigenvalue weighted by atomic mass is 32.2. The van der Waals surface area contributed by atoms with Crippen LogP contribution in [0.5, 0.6) is 0 Å². The molecular weight excluding hydrogens is 297 g/mol. The number of halogens is 1. The van der Waals surface area contributed by atoms with E-state index in [4.69, 9.17) is 0 Å². The first-order chi connectivity index (χ1) is 9.90. The summed E-state index contributed by atoms with van der Waals surface area (Å²) in [6.45, 7) is 1.46. The molecule has 0 fully saturated rings. The lowest BCUT2D eigenvalue weighted by Crippen LogP contribution is -2.41. The molecule has 2 rings (SSSR count). The van der Waals surface area contributed by atoms with Gasteiger partial charge in [-0.2, -0.15) is 0 Å². The van der Waals surface area contributed by atoms with E-state index in [2.05, 4.69) is 10.4 Å². The van der Waals surface area contributed by atoms with Crippen molar-refractivity contribution >= 4 is 15.9 Å². The number of aryl methyl sites for hydroxylation is 1. The van der Waals surface area contributed by atoms with Crippen LogP contribution in [0.4, 0.5) is 4.39 Å². The molecule has 1 aromatic heterocycles. The monoisotopic (exact) mass is 309 g/mol. The van der Waals surface area contributed by atoms with Gasteiger partial charge in [-0.15, -0.1) is 4.83 Å². The Balaban J connectivity index is 2.13. The summed E-state index contributed by atoms with van der Waals surface area (Å²) in [6, 6.07) is 6.29. The third kappa shape index (κ3) is 3.61. The number of carbonyl (C=O) groups excluding carboxylic acids is 1.